The van der Waals surface area contributed by atoms with Crippen LogP contribution < -0.4 is 4.72 Å². The van der Waals surface area contributed by atoms with E-state index >= 15 is 0 Å². The van der Waals surface area contributed by atoms with Crippen LogP contribution >= 0.6 is 0 Å². The molecule has 2 N–H and O–H groups in total. The minimum absolute atomic E-state index is 0.0779. The molecular formula is C6H11NO4S. The smallest absolute Gasteiger partial charge is 0.304 e. The fourth-order valence-corrected chi connectivity index (χ4v) is 1.37. The molecular weight excluding hydrogens is 182 g/mol. The first-order valence-electron chi connectivity index (χ1n) is 3.28. The molecule has 70 valence electrons. The minimum Gasteiger partial charge on any atom is -0.481 e. The molecule has 0 spiro atoms. The van der Waals surface area contributed by atoms with Gasteiger partial charge in [0.25, 0.3) is 0 Å². The van der Waals surface area contributed by atoms with Crippen LogP contribution in [0.2, 0.25) is 0 Å². The molecule has 0 aliphatic carbocycles. The predicted molar refractivity (Wildman–Crippen MR) is 44.2 cm³/mol. The van der Waals surface area contributed by atoms with E-state index < -0.39 is 16.0 Å². The number of rotatable bonds is 6. The van der Waals surface area contributed by atoms with Crippen molar-refractivity contribution in [3.8, 4) is 0 Å². The van der Waals surface area contributed by atoms with E-state index in [-0.39, 0.29) is 18.7 Å². The molecule has 0 atom stereocenters. The standard InChI is InChI=1S/C6H11NO4S/c1-2-5-12(10,11)7-4-3-6(8)9/h2,7H,1,3-5H2,(H,8,9). The quantitative estimate of drug-likeness (QED) is 0.560. The van der Waals surface area contributed by atoms with Crippen molar-refractivity contribution >= 4 is 16.0 Å². The summed E-state index contributed by atoms with van der Waals surface area (Å²) in [6.45, 7) is 3.18. The lowest BCUT2D eigenvalue weighted by atomic mass is 10.5. The van der Waals surface area contributed by atoms with E-state index in [4.69, 9.17) is 5.11 Å². The van der Waals surface area contributed by atoms with Crippen LogP contribution in [0.15, 0.2) is 12.7 Å². The molecule has 0 saturated carbocycles. The number of carbonyl (C=O) groups is 1. The monoisotopic (exact) mass is 193 g/mol. The molecule has 6 heteroatoms. The Labute approximate surface area is 71.1 Å². The van der Waals surface area contributed by atoms with Crippen molar-refractivity contribution in [3.63, 3.8) is 0 Å². The Bertz CT molecular complexity index is 257. The normalized spacial score (nSPS) is 11.0. The summed E-state index contributed by atoms with van der Waals surface area (Å²) in [6.07, 6.45) is 1.03. The zero-order valence-electron chi connectivity index (χ0n) is 6.49. The van der Waals surface area contributed by atoms with E-state index in [1.165, 1.54) is 6.08 Å². The molecule has 0 saturated heterocycles. The average Bonchev–Trinajstić information content (AvgIpc) is 1.85. The highest BCUT2D eigenvalue weighted by Crippen LogP contribution is 1.85. The van der Waals surface area contributed by atoms with Gasteiger partial charge >= 0.3 is 5.97 Å². The van der Waals surface area contributed by atoms with Crippen molar-refractivity contribution in [1.29, 1.82) is 0 Å². The molecule has 0 aromatic heterocycles. The molecule has 12 heavy (non-hydrogen) atoms. The first-order valence-corrected chi connectivity index (χ1v) is 4.93. The van der Waals surface area contributed by atoms with E-state index in [1.807, 2.05) is 0 Å². The van der Waals surface area contributed by atoms with E-state index in [9.17, 15) is 13.2 Å². The Balaban J connectivity index is 3.77. The van der Waals surface area contributed by atoms with Crippen molar-refractivity contribution in [1.82, 2.24) is 4.72 Å². The first kappa shape index (κ1) is 11.1. The number of carboxylic acid groups (broad SMARTS) is 1. The number of hydrogen-bond donors (Lipinski definition) is 2. The lowest BCUT2D eigenvalue weighted by molar-refractivity contribution is -0.136. The van der Waals surface area contributed by atoms with Crippen molar-refractivity contribution in [2.45, 2.75) is 6.42 Å². The number of hydrogen-bond acceptors (Lipinski definition) is 3. The van der Waals surface area contributed by atoms with Crippen molar-refractivity contribution < 1.29 is 18.3 Å². The van der Waals surface area contributed by atoms with E-state index in [0.717, 1.165) is 0 Å². The highest BCUT2D eigenvalue weighted by Gasteiger charge is 2.06. The summed E-state index contributed by atoms with van der Waals surface area (Å²) in [6, 6.07) is 0. The van der Waals surface area contributed by atoms with Crippen molar-refractivity contribution in [3.05, 3.63) is 12.7 Å². The first-order chi connectivity index (χ1) is 5.48. The van der Waals surface area contributed by atoms with Gasteiger partial charge in [-0.05, 0) is 0 Å². The SMILES string of the molecule is C=CCS(=O)(=O)NCCC(=O)O. The summed E-state index contributed by atoms with van der Waals surface area (Å²) in [5.74, 6) is -1.22. The van der Waals surface area contributed by atoms with E-state index in [2.05, 4.69) is 11.3 Å². The summed E-state index contributed by atoms with van der Waals surface area (Å²) in [5, 5.41) is 8.19. The lowest BCUT2D eigenvalue weighted by Crippen LogP contribution is -2.27. The Kier molecular flexibility index (Phi) is 4.53. The summed E-state index contributed by atoms with van der Waals surface area (Å²) in [7, 11) is -3.36. The Hall–Kier alpha value is -0.880. The van der Waals surface area contributed by atoms with Gasteiger partial charge in [0.05, 0.1) is 12.2 Å². The van der Waals surface area contributed by atoms with Crippen LogP contribution in [-0.2, 0) is 14.8 Å². The van der Waals surface area contributed by atoms with Crippen molar-refractivity contribution in [2.75, 3.05) is 12.3 Å². The van der Waals surface area contributed by atoms with Crippen LogP contribution in [0.5, 0.6) is 0 Å². The Morgan fingerprint density at radius 3 is 2.58 bits per heavy atom. The second kappa shape index (κ2) is 4.89. The van der Waals surface area contributed by atoms with Crippen LogP contribution in [0.25, 0.3) is 0 Å². The maximum atomic E-state index is 10.8. The number of nitrogens with one attached hydrogen (secondary N) is 1. The van der Waals surface area contributed by atoms with Gasteiger partial charge in [-0.15, -0.1) is 6.58 Å². The third kappa shape index (κ3) is 5.87. The fraction of sp³-hybridized carbons (Fsp3) is 0.500. The van der Waals surface area contributed by atoms with Gasteiger partial charge in [0.2, 0.25) is 10.0 Å². The molecule has 0 bridgehead atoms. The third-order valence-electron chi connectivity index (χ3n) is 0.998. The Morgan fingerprint density at radius 1 is 1.58 bits per heavy atom. The second-order valence-corrected chi connectivity index (χ2v) is 3.96. The van der Waals surface area contributed by atoms with E-state index in [0.29, 0.717) is 0 Å². The molecule has 0 unspecified atom stereocenters. The van der Waals surface area contributed by atoms with Gasteiger partial charge in [-0.2, -0.15) is 0 Å². The van der Waals surface area contributed by atoms with Gasteiger partial charge in [0, 0.05) is 6.54 Å². The predicted octanol–water partition coefficient (Wildman–Crippen LogP) is -0.434. The summed E-state index contributed by atoms with van der Waals surface area (Å²) >= 11 is 0. The number of sulfonamides is 1. The maximum Gasteiger partial charge on any atom is 0.304 e. The maximum absolute atomic E-state index is 10.8. The highest BCUT2D eigenvalue weighted by molar-refractivity contribution is 7.89. The summed E-state index contributed by atoms with van der Waals surface area (Å²) in [4.78, 5) is 9.99. The summed E-state index contributed by atoms with van der Waals surface area (Å²) in [5.41, 5.74) is 0. The van der Waals surface area contributed by atoms with Crippen LogP contribution in [0.3, 0.4) is 0 Å². The third-order valence-corrected chi connectivity index (χ3v) is 2.32. The van der Waals surface area contributed by atoms with Crippen molar-refractivity contribution in [2.24, 2.45) is 0 Å². The zero-order chi connectivity index (χ0) is 9.61. The van der Waals surface area contributed by atoms with Crippen LogP contribution in [-0.4, -0.2) is 31.8 Å². The van der Waals surface area contributed by atoms with Crippen LogP contribution in [0.1, 0.15) is 6.42 Å². The van der Waals surface area contributed by atoms with Gasteiger partial charge in [-0.25, -0.2) is 13.1 Å². The highest BCUT2D eigenvalue weighted by atomic mass is 32.2. The molecule has 0 amide bonds. The van der Waals surface area contributed by atoms with Gasteiger partial charge < -0.3 is 5.11 Å². The molecule has 5 nitrogen and oxygen atoms in total. The molecule has 0 aliphatic heterocycles. The molecule has 0 heterocycles. The van der Waals surface area contributed by atoms with Gasteiger partial charge in [-0.1, -0.05) is 6.08 Å². The summed E-state index contributed by atoms with van der Waals surface area (Å²) < 4.78 is 23.8. The topological polar surface area (TPSA) is 83.5 Å². The molecule has 0 aromatic rings. The molecule has 0 aliphatic rings. The van der Waals surface area contributed by atoms with Gasteiger partial charge in [-0.3, -0.25) is 4.79 Å². The van der Waals surface area contributed by atoms with Crippen LogP contribution in [0.4, 0.5) is 0 Å². The zero-order valence-corrected chi connectivity index (χ0v) is 7.30. The number of aliphatic carboxylic acids is 1. The molecule has 0 aromatic carbocycles. The molecule has 0 fully saturated rings. The van der Waals surface area contributed by atoms with E-state index in [1.54, 1.807) is 0 Å². The second-order valence-electron chi connectivity index (χ2n) is 2.11. The molecule has 0 radical (unpaired) electrons. The fourth-order valence-electron chi connectivity index (χ4n) is 0.528. The van der Waals surface area contributed by atoms with Gasteiger partial charge in [0.15, 0.2) is 0 Å². The minimum atomic E-state index is -3.36. The number of carboxylic acids is 1. The average molecular weight is 193 g/mol. The van der Waals surface area contributed by atoms with Crippen LogP contribution in [0, 0.1) is 0 Å². The molecule has 0 rings (SSSR count). The largest absolute Gasteiger partial charge is 0.481 e. The van der Waals surface area contributed by atoms with Gasteiger partial charge in [0.1, 0.15) is 0 Å². The Morgan fingerprint density at radius 2 is 2.17 bits per heavy atom. The lowest BCUT2D eigenvalue weighted by Gasteiger charge is -2.00.